The number of unbranched alkanes of at least 4 members (excludes halogenated alkanes) is 9. The van der Waals surface area contributed by atoms with Gasteiger partial charge in [-0.25, -0.2) is 0 Å². The molecular weight excluding hydrogens is 347 g/mol. The zero-order chi connectivity index (χ0) is 15.1. The van der Waals surface area contributed by atoms with E-state index in [2.05, 4.69) is 25.7 Å². The molecule has 0 N–H and O–H groups in total. The molecule has 0 aromatic rings. The molecule has 0 heterocycles. The molecule has 0 aromatic heterocycles. The minimum absolute atomic E-state index is 1.39. The standard InChI is InChI=1S/3C6H13.CH3.Sn/c3*1-3-5-6-4-2;;/h3*1,3-6H2,2H3;1H3;. The molecule has 0 atom stereocenters. The van der Waals surface area contributed by atoms with Crippen LogP contribution < -0.4 is 0 Å². The monoisotopic (exact) mass is 390 g/mol. The molecule has 0 radical (unpaired) electrons. The second-order valence-electron chi connectivity index (χ2n) is 7.24. The third kappa shape index (κ3) is 12.5. The van der Waals surface area contributed by atoms with Crippen LogP contribution >= 0.6 is 0 Å². The van der Waals surface area contributed by atoms with Gasteiger partial charge in [0.25, 0.3) is 0 Å². The molecule has 0 aromatic carbocycles. The van der Waals surface area contributed by atoms with E-state index in [4.69, 9.17) is 0 Å². The summed E-state index contributed by atoms with van der Waals surface area (Å²) >= 11 is -1.69. The van der Waals surface area contributed by atoms with Gasteiger partial charge in [0.15, 0.2) is 0 Å². The first-order valence-corrected chi connectivity index (χ1v) is 18.6. The van der Waals surface area contributed by atoms with Crippen LogP contribution in [-0.2, 0) is 0 Å². The maximum absolute atomic E-state index is 2.79. The van der Waals surface area contributed by atoms with E-state index < -0.39 is 18.4 Å². The predicted octanol–water partition coefficient (Wildman–Crippen LogP) is 7.81. The first-order chi connectivity index (χ1) is 9.68. The maximum atomic E-state index is 2.79. The van der Waals surface area contributed by atoms with Crippen LogP contribution in [0.1, 0.15) is 97.8 Å². The molecule has 0 unspecified atom stereocenters. The van der Waals surface area contributed by atoms with Crippen molar-refractivity contribution in [3.8, 4) is 0 Å². The summed E-state index contributed by atoms with van der Waals surface area (Å²) in [5.41, 5.74) is 0. The number of hydrogen-bond acceptors (Lipinski definition) is 0. The first kappa shape index (κ1) is 20.8. The van der Waals surface area contributed by atoms with Crippen molar-refractivity contribution in [2.75, 3.05) is 0 Å². The van der Waals surface area contributed by atoms with Crippen molar-refractivity contribution in [1.82, 2.24) is 0 Å². The predicted molar refractivity (Wildman–Crippen MR) is 98.5 cm³/mol. The Morgan fingerprint density at radius 2 is 0.750 bits per heavy atom. The molecule has 0 rings (SSSR count). The van der Waals surface area contributed by atoms with Gasteiger partial charge in [-0.3, -0.25) is 0 Å². The van der Waals surface area contributed by atoms with Gasteiger partial charge in [-0.05, 0) is 0 Å². The molecular formula is C19H42Sn. The van der Waals surface area contributed by atoms with Gasteiger partial charge in [-0.2, -0.15) is 0 Å². The van der Waals surface area contributed by atoms with E-state index in [9.17, 15) is 0 Å². The topological polar surface area (TPSA) is 0 Å². The van der Waals surface area contributed by atoms with E-state index in [1.807, 2.05) is 0 Å². The summed E-state index contributed by atoms with van der Waals surface area (Å²) in [6.45, 7) is 6.99. The van der Waals surface area contributed by atoms with Crippen molar-refractivity contribution in [3.63, 3.8) is 0 Å². The van der Waals surface area contributed by atoms with Crippen LogP contribution in [0.25, 0.3) is 0 Å². The van der Waals surface area contributed by atoms with Crippen molar-refractivity contribution >= 4 is 18.4 Å². The van der Waals surface area contributed by atoms with Crippen LogP contribution in [0.2, 0.25) is 18.2 Å². The molecule has 0 aliphatic rings. The van der Waals surface area contributed by atoms with Gasteiger partial charge in [0, 0.05) is 0 Å². The minimum atomic E-state index is -1.69. The van der Waals surface area contributed by atoms with Crippen LogP contribution in [0.4, 0.5) is 0 Å². The van der Waals surface area contributed by atoms with Crippen molar-refractivity contribution in [2.45, 2.75) is 116 Å². The number of rotatable bonds is 15. The third-order valence-corrected chi connectivity index (χ3v) is 18.3. The van der Waals surface area contributed by atoms with Crippen LogP contribution in [0.3, 0.4) is 0 Å². The van der Waals surface area contributed by atoms with E-state index >= 15 is 0 Å². The molecule has 0 bridgehead atoms. The van der Waals surface area contributed by atoms with Crippen LogP contribution in [0.5, 0.6) is 0 Å². The summed E-state index contributed by atoms with van der Waals surface area (Å²) in [6.07, 6.45) is 17.8. The van der Waals surface area contributed by atoms with Crippen LogP contribution in [0.15, 0.2) is 0 Å². The fourth-order valence-corrected chi connectivity index (χ4v) is 14.9. The normalized spacial score (nSPS) is 12.0. The van der Waals surface area contributed by atoms with Crippen molar-refractivity contribution in [2.24, 2.45) is 0 Å². The fourth-order valence-electron chi connectivity index (χ4n) is 3.31. The Balaban J connectivity index is 3.98. The van der Waals surface area contributed by atoms with E-state index in [1.165, 1.54) is 57.8 Å². The Kier molecular flexibility index (Phi) is 15.3. The van der Waals surface area contributed by atoms with Crippen molar-refractivity contribution < 1.29 is 0 Å². The van der Waals surface area contributed by atoms with Gasteiger partial charge in [-0.15, -0.1) is 0 Å². The second kappa shape index (κ2) is 14.7. The number of hydrogen-bond donors (Lipinski definition) is 0. The van der Waals surface area contributed by atoms with E-state index in [1.54, 1.807) is 32.6 Å². The van der Waals surface area contributed by atoms with Gasteiger partial charge < -0.3 is 0 Å². The summed E-state index contributed by atoms with van der Waals surface area (Å²) in [7, 11) is 0. The Bertz CT molecular complexity index is 157. The van der Waals surface area contributed by atoms with Crippen molar-refractivity contribution in [1.29, 1.82) is 0 Å². The molecule has 0 saturated carbocycles. The van der Waals surface area contributed by atoms with Gasteiger partial charge in [0.1, 0.15) is 0 Å². The Labute approximate surface area is 134 Å². The quantitative estimate of drug-likeness (QED) is 0.198. The van der Waals surface area contributed by atoms with E-state index in [0.717, 1.165) is 0 Å². The fraction of sp³-hybridized carbons (Fsp3) is 1.00. The molecule has 1 heteroatoms. The Morgan fingerprint density at radius 3 is 1.00 bits per heavy atom. The van der Waals surface area contributed by atoms with Gasteiger partial charge in [0.05, 0.1) is 0 Å². The molecule has 0 saturated heterocycles. The Morgan fingerprint density at radius 1 is 0.450 bits per heavy atom. The molecule has 122 valence electrons. The molecule has 0 spiro atoms. The van der Waals surface area contributed by atoms with Crippen molar-refractivity contribution in [3.05, 3.63) is 0 Å². The van der Waals surface area contributed by atoms with E-state index in [0.29, 0.717) is 0 Å². The SMILES string of the molecule is CCCCC[CH2][Sn]([CH3])([CH2]CCCCC)[CH2]CCCCC. The van der Waals surface area contributed by atoms with Gasteiger partial charge in [-0.1, -0.05) is 0 Å². The average Bonchev–Trinajstić information content (AvgIpc) is 2.45. The van der Waals surface area contributed by atoms with Gasteiger partial charge >= 0.3 is 134 Å². The van der Waals surface area contributed by atoms with Crippen LogP contribution in [0, 0.1) is 0 Å². The molecule has 0 nitrogen and oxygen atoms in total. The summed E-state index contributed by atoms with van der Waals surface area (Å²) in [6, 6.07) is 0. The summed E-state index contributed by atoms with van der Waals surface area (Å²) in [4.78, 5) is 2.79. The zero-order valence-corrected chi connectivity index (χ0v) is 18.0. The molecule has 0 amide bonds. The first-order valence-electron chi connectivity index (χ1n) is 9.68. The zero-order valence-electron chi connectivity index (χ0n) is 15.1. The molecule has 0 aliphatic carbocycles. The van der Waals surface area contributed by atoms with E-state index in [-0.39, 0.29) is 0 Å². The third-order valence-electron chi connectivity index (χ3n) is 4.90. The summed E-state index contributed by atoms with van der Waals surface area (Å²) < 4.78 is 5.06. The molecule has 20 heavy (non-hydrogen) atoms. The second-order valence-corrected chi connectivity index (χ2v) is 21.9. The summed E-state index contributed by atoms with van der Waals surface area (Å²) in [5.74, 6) is 0. The molecule has 0 aliphatic heterocycles. The Hall–Kier alpha value is 0.799. The molecule has 0 fully saturated rings. The van der Waals surface area contributed by atoms with Crippen LogP contribution in [-0.4, -0.2) is 18.4 Å². The summed E-state index contributed by atoms with van der Waals surface area (Å²) in [5, 5.41) is 0. The van der Waals surface area contributed by atoms with Gasteiger partial charge in [0.2, 0.25) is 0 Å². The average molecular weight is 389 g/mol.